The van der Waals surface area contributed by atoms with E-state index >= 15 is 0 Å². The van der Waals surface area contributed by atoms with Crippen molar-refractivity contribution in [2.24, 2.45) is 0 Å². The van der Waals surface area contributed by atoms with Gasteiger partial charge in [0.15, 0.2) is 5.76 Å². The maximum Gasteiger partial charge on any atom is 0.409 e. The van der Waals surface area contributed by atoms with Crippen molar-refractivity contribution in [3.05, 3.63) is 30.0 Å². The van der Waals surface area contributed by atoms with Crippen molar-refractivity contribution in [2.75, 3.05) is 10.0 Å². The first kappa shape index (κ1) is 16.8. The Balaban J connectivity index is 2.29. The molecular formula is C14H17N3O5S. The van der Waals surface area contributed by atoms with Crippen LogP contribution in [0.5, 0.6) is 0 Å². The average molecular weight is 339 g/mol. The molecule has 0 saturated carbocycles. The summed E-state index contributed by atoms with van der Waals surface area (Å²) < 4.78 is 31.2. The molecule has 1 amide bonds. The second-order valence-electron chi connectivity index (χ2n) is 5.18. The number of amides is 1. The van der Waals surface area contributed by atoms with E-state index in [-0.39, 0.29) is 11.4 Å². The maximum absolute atomic E-state index is 11.8. The molecule has 1 aromatic carbocycles. The number of aromatic nitrogens is 1. The molecule has 0 fully saturated rings. The molecule has 0 unspecified atom stereocenters. The van der Waals surface area contributed by atoms with E-state index in [2.05, 4.69) is 15.2 Å². The summed E-state index contributed by atoms with van der Waals surface area (Å²) in [5.74, 6) is 0.267. The third-order valence-corrected chi connectivity index (χ3v) is 4.88. The van der Waals surface area contributed by atoms with E-state index < -0.39 is 21.4 Å². The van der Waals surface area contributed by atoms with Crippen LogP contribution in [0.15, 0.2) is 28.8 Å². The highest BCUT2D eigenvalue weighted by atomic mass is 32.2. The SMILES string of the molecule is Cc1noc(-c2ccc(NS(=O)(=O)C(C)C)cc2)c1NC(=O)O. The Morgan fingerprint density at radius 1 is 1.26 bits per heavy atom. The van der Waals surface area contributed by atoms with Gasteiger partial charge in [-0.2, -0.15) is 0 Å². The summed E-state index contributed by atoms with van der Waals surface area (Å²) in [4.78, 5) is 10.8. The van der Waals surface area contributed by atoms with Crippen LogP contribution >= 0.6 is 0 Å². The fourth-order valence-corrected chi connectivity index (χ4v) is 2.49. The summed E-state index contributed by atoms with van der Waals surface area (Å²) in [6, 6.07) is 6.37. The topological polar surface area (TPSA) is 122 Å². The standard InChI is InChI=1S/C14H17N3O5S/c1-8(2)23(20,21)17-11-6-4-10(5-7-11)13-12(15-14(18)19)9(3)16-22-13/h4-8,15,17H,1-3H3,(H,18,19). The second-order valence-corrected chi connectivity index (χ2v) is 7.41. The highest BCUT2D eigenvalue weighted by Crippen LogP contribution is 2.31. The van der Waals surface area contributed by atoms with E-state index in [0.29, 0.717) is 16.9 Å². The largest absolute Gasteiger partial charge is 0.465 e. The van der Waals surface area contributed by atoms with Crippen LogP contribution in [0.1, 0.15) is 19.5 Å². The van der Waals surface area contributed by atoms with E-state index in [4.69, 9.17) is 9.63 Å². The van der Waals surface area contributed by atoms with Gasteiger partial charge in [-0.25, -0.2) is 13.2 Å². The predicted molar refractivity (Wildman–Crippen MR) is 86.0 cm³/mol. The summed E-state index contributed by atoms with van der Waals surface area (Å²) >= 11 is 0. The third kappa shape index (κ3) is 3.81. The molecule has 9 heteroatoms. The number of carboxylic acid groups (broad SMARTS) is 1. The first-order valence-corrected chi connectivity index (χ1v) is 8.33. The number of nitrogens with one attached hydrogen (secondary N) is 2. The quantitative estimate of drug-likeness (QED) is 0.770. The summed E-state index contributed by atoms with van der Waals surface area (Å²) in [7, 11) is -3.42. The Morgan fingerprint density at radius 3 is 2.39 bits per heavy atom. The molecule has 0 radical (unpaired) electrons. The van der Waals surface area contributed by atoms with Gasteiger partial charge in [-0.15, -0.1) is 0 Å². The van der Waals surface area contributed by atoms with E-state index in [9.17, 15) is 13.2 Å². The number of carbonyl (C=O) groups is 1. The lowest BCUT2D eigenvalue weighted by molar-refractivity contribution is 0.209. The van der Waals surface area contributed by atoms with E-state index in [1.165, 1.54) is 0 Å². The zero-order chi connectivity index (χ0) is 17.2. The fourth-order valence-electron chi connectivity index (χ4n) is 1.79. The fraction of sp³-hybridized carbons (Fsp3) is 0.286. The van der Waals surface area contributed by atoms with Gasteiger partial charge in [0.05, 0.1) is 5.25 Å². The van der Waals surface area contributed by atoms with E-state index in [0.717, 1.165) is 0 Å². The van der Waals surface area contributed by atoms with Gasteiger partial charge in [0.25, 0.3) is 0 Å². The van der Waals surface area contributed by atoms with Crippen molar-refractivity contribution < 1.29 is 22.8 Å². The lowest BCUT2D eigenvalue weighted by Gasteiger charge is -2.11. The molecule has 0 aliphatic rings. The summed E-state index contributed by atoms with van der Waals surface area (Å²) in [5.41, 5.74) is 1.65. The molecule has 0 spiro atoms. The highest BCUT2D eigenvalue weighted by Gasteiger charge is 2.18. The molecule has 0 aliphatic carbocycles. The monoisotopic (exact) mass is 339 g/mol. The minimum Gasteiger partial charge on any atom is -0.465 e. The number of sulfonamides is 1. The number of nitrogens with zero attached hydrogens (tertiary/aromatic N) is 1. The van der Waals surface area contributed by atoms with Crippen LogP contribution in [0.2, 0.25) is 0 Å². The molecule has 2 aromatic rings. The number of hydrogen-bond acceptors (Lipinski definition) is 5. The molecule has 0 bridgehead atoms. The van der Waals surface area contributed by atoms with Crippen LogP contribution in [0.25, 0.3) is 11.3 Å². The Morgan fingerprint density at radius 2 is 1.87 bits per heavy atom. The van der Waals surface area contributed by atoms with E-state index in [1.54, 1.807) is 45.0 Å². The van der Waals surface area contributed by atoms with Gasteiger partial charge in [-0.3, -0.25) is 10.0 Å². The van der Waals surface area contributed by atoms with Gasteiger partial charge >= 0.3 is 6.09 Å². The van der Waals surface area contributed by atoms with E-state index in [1.807, 2.05) is 0 Å². The minimum absolute atomic E-state index is 0.257. The van der Waals surface area contributed by atoms with Gasteiger partial charge < -0.3 is 9.63 Å². The molecule has 0 aliphatic heterocycles. The Labute approximate surface area is 133 Å². The van der Waals surface area contributed by atoms with Gasteiger partial charge in [-0.05, 0) is 45.0 Å². The third-order valence-electron chi connectivity index (χ3n) is 3.12. The molecule has 1 aromatic heterocycles. The van der Waals surface area contributed by atoms with Crippen molar-refractivity contribution in [3.63, 3.8) is 0 Å². The van der Waals surface area contributed by atoms with Gasteiger partial charge in [0, 0.05) is 11.3 Å². The zero-order valence-electron chi connectivity index (χ0n) is 12.8. The van der Waals surface area contributed by atoms with Gasteiger partial charge in [0.1, 0.15) is 11.4 Å². The maximum atomic E-state index is 11.8. The van der Waals surface area contributed by atoms with Crippen LogP contribution in [-0.2, 0) is 10.0 Å². The smallest absolute Gasteiger partial charge is 0.409 e. The zero-order valence-corrected chi connectivity index (χ0v) is 13.6. The van der Waals surface area contributed by atoms with Crippen molar-refractivity contribution in [1.29, 1.82) is 0 Å². The Bertz CT molecular complexity index is 809. The van der Waals surface area contributed by atoms with Crippen LogP contribution in [0.4, 0.5) is 16.2 Å². The van der Waals surface area contributed by atoms with Crippen LogP contribution in [0.3, 0.4) is 0 Å². The Hall–Kier alpha value is -2.55. The molecule has 1 heterocycles. The summed E-state index contributed by atoms with van der Waals surface area (Å²) in [5, 5.41) is 14.3. The summed E-state index contributed by atoms with van der Waals surface area (Å²) in [6.45, 7) is 4.78. The van der Waals surface area contributed by atoms with Crippen molar-refractivity contribution in [2.45, 2.75) is 26.0 Å². The second kappa shape index (κ2) is 6.29. The molecule has 124 valence electrons. The number of anilines is 2. The van der Waals surface area contributed by atoms with Crippen LogP contribution < -0.4 is 10.0 Å². The highest BCUT2D eigenvalue weighted by molar-refractivity contribution is 7.93. The lowest BCUT2D eigenvalue weighted by atomic mass is 10.1. The van der Waals surface area contributed by atoms with Crippen molar-refractivity contribution in [1.82, 2.24) is 5.16 Å². The predicted octanol–water partition coefficient (Wildman–Crippen LogP) is 2.89. The first-order valence-electron chi connectivity index (χ1n) is 6.79. The summed E-state index contributed by atoms with van der Waals surface area (Å²) in [6.07, 6.45) is -1.22. The lowest BCUT2D eigenvalue weighted by Crippen LogP contribution is -2.22. The first-order chi connectivity index (χ1) is 10.7. The van der Waals surface area contributed by atoms with Crippen molar-refractivity contribution in [3.8, 4) is 11.3 Å². The van der Waals surface area contributed by atoms with Crippen molar-refractivity contribution >= 4 is 27.5 Å². The van der Waals surface area contributed by atoms with Gasteiger partial charge in [-0.1, -0.05) is 5.16 Å². The molecule has 3 N–H and O–H groups in total. The number of hydrogen-bond donors (Lipinski definition) is 3. The molecule has 2 rings (SSSR count). The van der Waals surface area contributed by atoms with Crippen LogP contribution in [-0.4, -0.2) is 30.0 Å². The minimum atomic E-state index is -3.42. The number of benzene rings is 1. The van der Waals surface area contributed by atoms with Gasteiger partial charge in [0.2, 0.25) is 10.0 Å². The molecule has 0 saturated heterocycles. The molecule has 8 nitrogen and oxygen atoms in total. The molecule has 0 atom stereocenters. The normalized spacial score (nSPS) is 11.5. The Kier molecular flexibility index (Phi) is 4.60. The molecule has 23 heavy (non-hydrogen) atoms. The average Bonchev–Trinajstić information content (AvgIpc) is 2.80. The van der Waals surface area contributed by atoms with Crippen LogP contribution in [0, 0.1) is 6.92 Å². The molecular weight excluding hydrogens is 322 g/mol. The number of rotatable bonds is 5. The number of aryl methyl sites for hydroxylation is 1.